The zero-order chi connectivity index (χ0) is 13.8. The summed E-state index contributed by atoms with van der Waals surface area (Å²) in [7, 11) is 0. The third-order valence-electron chi connectivity index (χ3n) is 2.64. The molecule has 1 atom stereocenters. The molecule has 0 saturated carbocycles. The summed E-state index contributed by atoms with van der Waals surface area (Å²) in [4.78, 5) is 0. The van der Waals surface area contributed by atoms with Crippen LogP contribution in [0.1, 0.15) is 11.7 Å². The topological polar surface area (TPSA) is 35.2 Å². The van der Waals surface area contributed by atoms with Crippen LogP contribution in [0.15, 0.2) is 46.9 Å². The van der Waals surface area contributed by atoms with Gasteiger partial charge >= 0.3 is 0 Å². The van der Waals surface area contributed by atoms with E-state index < -0.39 is 0 Å². The van der Waals surface area contributed by atoms with Crippen molar-refractivity contribution in [3.63, 3.8) is 0 Å². The van der Waals surface area contributed by atoms with Gasteiger partial charge in [0.15, 0.2) is 0 Å². The molecule has 0 amide bonds. The fourth-order valence-electron chi connectivity index (χ4n) is 1.66. The third kappa shape index (κ3) is 3.63. The summed E-state index contributed by atoms with van der Waals surface area (Å²) in [6, 6.07) is 13.1. The van der Waals surface area contributed by atoms with E-state index in [2.05, 4.69) is 15.9 Å². The van der Waals surface area contributed by atoms with Gasteiger partial charge in [-0.25, -0.2) is 0 Å². The van der Waals surface area contributed by atoms with Crippen molar-refractivity contribution in [2.24, 2.45) is 5.73 Å². The highest BCUT2D eigenvalue weighted by Crippen LogP contribution is 2.34. The molecule has 0 saturated heterocycles. The van der Waals surface area contributed by atoms with E-state index in [1.807, 2.05) is 24.3 Å². The molecular formula is C14H12BrCl2NO. The Morgan fingerprint density at radius 2 is 1.79 bits per heavy atom. The average Bonchev–Trinajstić information content (AvgIpc) is 2.42. The Hall–Kier alpha value is -0.740. The van der Waals surface area contributed by atoms with Gasteiger partial charge in [-0.2, -0.15) is 0 Å². The summed E-state index contributed by atoms with van der Waals surface area (Å²) in [6.45, 7) is 0.352. The number of nitrogens with two attached hydrogens (primary N) is 1. The van der Waals surface area contributed by atoms with Crippen molar-refractivity contribution in [1.82, 2.24) is 0 Å². The van der Waals surface area contributed by atoms with Gasteiger partial charge in [0.05, 0.1) is 5.02 Å². The van der Waals surface area contributed by atoms with Crippen LogP contribution in [0.25, 0.3) is 0 Å². The van der Waals surface area contributed by atoms with Crippen molar-refractivity contribution in [3.05, 3.63) is 62.5 Å². The molecule has 0 fully saturated rings. The first-order valence-electron chi connectivity index (χ1n) is 5.68. The number of halogens is 3. The van der Waals surface area contributed by atoms with Gasteiger partial charge in [0.1, 0.15) is 16.9 Å². The Kier molecular flexibility index (Phi) is 5.11. The van der Waals surface area contributed by atoms with Gasteiger partial charge in [0.2, 0.25) is 0 Å². The maximum absolute atomic E-state index is 6.10. The standard InChI is InChI=1S/C14H12BrCl2NO/c15-10-6-4-9(5-7-10)13(8-18)19-12-3-1-2-11(16)14(12)17/h1-7,13H,8,18H2. The molecule has 0 spiro atoms. The van der Waals surface area contributed by atoms with Crippen LogP contribution in [0.3, 0.4) is 0 Å². The van der Waals surface area contributed by atoms with E-state index in [4.69, 9.17) is 33.7 Å². The predicted octanol–water partition coefficient (Wildman–Crippen LogP) is 4.83. The van der Waals surface area contributed by atoms with E-state index in [1.165, 1.54) is 0 Å². The lowest BCUT2D eigenvalue weighted by molar-refractivity contribution is 0.214. The molecular weight excluding hydrogens is 349 g/mol. The molecule has 0 aliphatic carbocycles. The van der Waals surface area contributed by atoms with Gasteiger partial charge in [-0.1, -0.05) is 57.3 Å². The molecule has 0 aliphatic heterocycles. The molecule has 0 aromatic heterocycles. The van der Waals surface area contributed by atoms with E-state index in [0.717, 1.165) is 10.0 Å². The average molecular weight is 361 g/mol. The minimum Gasteiger partial charge on any atom is -0.483 e. The summed E-state index contributed by atoms with van der Waals surface area (Å²) in [5.74, 6) is 0.535. The third-order valence-corrected chi connectivity index (χ3v) is 3.97. The molecule has 2 rings (SSSR count). The van der Waals surface area contributed by atoms with E-state index in [0.29, 0.717) is 22.3 Å². The molecule has 19 heavy (non-hydrogen) atoms. The smallest absolute Gasteiger partial charge is 0.140 e. The lowest BCUT2D eigenvalue weighted by atomic mass is 10.1. The number of rotatable bonds is 4. The van der Waals surface area contributed by atoms with Gasteiger partial charge in [0.25, 0.3) is 0 Å². The lowest BCUT2D eigenvalue weighted by Gasteiger charge is -2.19. The molecule has 100 valence electrons. The first-order valence-corrected chi connectivity index (χ1v) is 7.23. The van der Waals surface area contributed by atoms with E-state index in [-0.39, 0.29) is 6.10 Å². The zero-order valence-electron chi connectivity index (χ0n) is 9.95. The van der Waals surface area contributed by atoms with Crippen LogP contribution in [0.2, 0.25) is 10.0 Å². The maximum atomic E-state index is 6.10. The highest BCUT2D eigenvalue weighted by atomic mass is 79.9. The molecule has 5 heteroatoms. The predicted molar refractivity (Wildman–Crippen MR) is 83.0 cm³/mol. The minimum absolute atomic E-state index is 0.260. The molecule has 0 aliphatic rings. The summed E-state index contributed by atoms with van der Waals surface area (Å²) >= 11 is 15.5. The van der Waals surface area contributed by atoms with Crippen LogP contribution < -0.4 is 10.5 Å². The molecule has 1 unspecified atom stereocenters. The summed E-state index contributed by atoms with van der Waals surface area (Å²) in [5.41, 5.74) is 6.75. The van der Waals surface area contributed by atoms with Crippen molar-refractivity contribution >= 4 is 39.1 Å². The van der Waals surface area contributed by atoms with E-state index >= 15 is 0 Å². The van der Waals surface area contributed by atoms with Gasteiger partial charge < -0.3 is 10.5 Å². The van der Waals surface area contributed by atoms with Crippen molar-refractivity contribution in [2.45, 2.75) is 6.10 Å². The highest BCUT2D eigenvalue weighted by Gasteiger charge is 2.14. The largest absolute Gasteiger partial charge is 0.483 e. The van der Waals surface area contributed by atoms with Crippen LogP contribution in [0, 0.1) is 0 Å². The number of hydrogen-bond acceptors (Lipinski definition) is 2. The lowest BCUT2D eigenvalue weighted by Crippen LogP contribution is -2.18. The Bertz CT molecular complexity index is 560. The number of hydrogen-bond donors (Lipinski definition) is 1. The Morgan fingerprint density at radius 1 is 1.11 bits per heavy atom. The SMILES string of the molecule is NCC(Oc1cccc(Cl)c1Cl)c1ccc(Br)cc1. The first-order chi connectivity index (χ1) is 9.11. The molecule has 0 radical (unpaired) electrons. The van der Waals surface area contributed by atoms with Crippen molar-refractivity contribution in [2.75, 3.05) is 6.54 Å². The minimum atomic E-state index is -0.260. The summed E-state index contributed by atoms with van der Waals surface area (Å²) < 4.78 is 6.85. The van der Waals surface area contributed by atoms with Crippen LogP contribution >= 0.6 is 39.1 Å². The molecule has 2 N–H and O–H groups in total. The second-order valence-electron chi connectivity index (χ2n) is 3.95. The molecule has 0 bridgehead atoms. The van der Waals surface area contributed by atoms with Gasteiger partial charge in [-0.3, -0.25) is 0 Å². The van der Waals surface area contributed by atoms with Crippen molar-refractivity contribution in [1.29, 1.82) is 0 Å². The Morgan fingerprint density at radius 3 is 2.42 bits per heavy atom. The number of ether oxygens (including phenoxy) is 1. The first kappa shape index (κ1) is 14.7. The van der Waals surface area contributed by atoms with Crippen LogP contribution in [0.5, 0.6) is 5.75 Å². The summed E-state index contributed by atoms with van der Waals surface area (Å²) in [6.07, 6.45) is -0.260. The van der Waals surface area contributed by atoms with Crippen LogP contribution in [0.4, 0.5) is 0 Å². The van der Waals surface area contributed by atoms with E-state index in [1.54, 1.807) is 18.2 Å². The fourth-order valence-corrected chi connectivity index (χ4v) is 2.26. The van der Waals surface area contributed by atoms with Crippen molar-refractivity contribution < 1.29 is 4.74 Å². The monoisotopic (exact) mass is 359 g/mol. The second-order valence-corrected chi connectivity index (χ2v) is 5.65. The highest BCUT2D eigenvalue weighted by molar-refractivity contribution is 9.10. The number of benzene rings is 2. The van der Waals surface area contributed by atoms with Gasteiger partial charge in [-0.15, -0.1) is 0 Å². The fraction of sp³-hybridized carbons (Fsp3) is 0.143. The van der Waals surface area contributed by atoms with Gasteiger partial charge in [-0.05, 0) is 29.8 Å². The molecule has 0 heterocycles. The quantitative estimate of drug-likeness (QED) is 0.846. The van der Waals surface area contributed by atoms with Gasteiger partial charge in [0, 0.05) is 11.0 Å². The Labute approximate surface area is 130 Å². The molecule has 2 nitrogen and oxygen atoms in total. The summed E-state index contributed by atoms with van der Waals surface area (Å²) in [5, 5.41) is 0.866. The normalized spacial score (nSPS) is 12.2. The maximum Gasteiger partial charge on any atom is 0.140 e. The molecule has 2 aromatic carbocycles. The Balaban J connectivity index is 2.24. The second kappa shape index (κ2) is 6.62. The van der Waals surface area contributed by atoms with Crippen molar-refractivity contribution in [3.8, 4) is 5.75 Å². The van der Waals surface area contributed by atoms with Crippen LogP contribution in [-0.2, 0) is 0 Å². The molecule has 2 aromatic rings. The zero-order valence-corrected chi connectivity index (χ0v) is 13.0. The van der Waals surface area contributed by atoms with Crippen LogP contribution in [-0.4, -0.2) is 6.54 Å². The van der Waals surface area contributed by atoms with E-state index in [9.17, 15) is 0 Å².